The Morgan fingerprint density at radius 2 is 2.10 bits per heavy atom. The number of furan rings is 1. The van der Waals surface area contributed by atoms with Gasteiger partial charge in [-0.3, -0.25) is 0 Å². The molecule has 20 heavy (non-hydrogen) atoms. The van der Waals surface area contributed by atoms with E-state index in [1.54, 1.807) is 0 Å². The van der Waals surface area contributed by atoms with E-state index < -0.39 is 0 Å². The number of ether oxygens (including phenoxy) is 1. The number of hydrogen-bond acceptors (Lipinski definition) is 4. The van der Waals surface area contributed by atoms with Gasteiger partial charge in [0, 0.05) is 23.7 Å². The van der Waals surface area contributed by atoms with Crippen molar-refractivity contribution < 1.29 is 9.15 Å². The zero-order chi connectivity index (χ0) is 14.8. The van der Waals surface area contributed by atoms with Gasteiger partial charge in [0.1, 0.15) is 18.1 Å². The molecule has 0 aromatic carbocycles. The van der Waals surface area contributed by atoms with Crippen molar-refractivity contribution in [3.63, 3.8) is 0 Å². The summed E-state index contributed by atoms with van der Waals surface area (Å²) in [5, 5.41) is 3.51. The van der Waals surface area contributed by atoms with Gasteiger partial charge in [-0.25, -0.2) is 0 Å². The fourth-order valence-electron chi connectivity index (χ4n) is 1.91. The average molecular weight is 280 g/mol. The molecule has 1 saturated carbocycles. The fraction of sp³-hybridized carbons (Fsp3) is 0.750. The molecule has 1 aliphatic carbocycles. The molecule has 1 N–H and O–H groups in total. The van der Waals surface area contributed by atoms with Crippen molar-refractivity contribution in [2.45, 2.75) is 58.3 Å². The maximum absolute atomic E-state index is 5.80. The summed E-state index contributed by atoms with van der Waals surface area (Å²) in [4.78, 5) is 2.17. The van der Waals surface area contributed by atoms with Crippen LogP contribution in [-0.2, 0) is 17.9 Å². The third-order valence-electron chi connectivity index (χ3n) is 4.14. The number of hydrogen-bond donors (Lipinski definition) is 1. The van der Waals surface area contributed by atoms with Crippen LogP contribution in [0.15, 0.2) is 10.5 Å². The molecular weight excluding hydrogens is 252 g/mol. The van der Waals surface area contributed by atoms with Crippen LogP contribution in [0.1, 0.15) is 43.8 Å². The molecule has 0 amide bonds. The molecule has 114 valence electrons. The van der Waals surface area contributed by atoms with E-state index in [-0.39, 0.29) is 5.54 Å². The minimum absolute atomic E-state index is 0.0397. The molecule has 2 rings (SSSR count). The van der Waals surface area contributed by atoms with Gasteiger partial charge in [0.2, 0.25) is 0 Å². The van der Waals surface area contributed by atoms with Crippen LogP contribution < -0.4 is 5.32 Å². The van der Waals surface area contributed by atoms with Crippen molar-refractivity contribution >= 4 is 0 Å². The van der Waals surface area contributed by atoms with E-state index in [1.807, 2.05) is 6.92 Å². The first-order valence-corrected chi connectivity index (χ1v) is 7.45. The van der Waals surface area contributed by atoms with Crippen LogP contribution in [-0.4, -0.2) is 37.2 Å². The van der Waals surface area contributed by atoms with Gasteiger partial charge in [0.25, 0.3) is 0 Å². The van der Waals surface area contributed by atoms with Crippen LogP contribution in [0.25, 0.3) is 0 Å². The molecule has 0 aliphatic heterocycles. The molecule has 0 atom stereocenters. The lowest BCUT2D eigenvalue weighted by molar-refractivity contribution is 0.0207. The summed E-state index contributed by atoms with van der Waals surface area (Å²) in [5.74, 6) is 1.92. The third kappa shape index (κ3) is 4.33. The number of rotatable bonds is 8. The third-order valence-corrected chi connectivity index (χ3v) is 4.14. The maximum atomic E-state index is 5.80. The first-order valence-electron chi connectivity index (χ1n) is 7.45. The summed E-state index contributed by atoms with van der Waals surface area (Å²) in [6.07, 6.45) is 2.62. The lowest BCUT2D eigenvalue weighted by Crippen LogP contribution is -2.42. The maximum Gasteiger partial charge on any atom is 0.130 e. The standard InChI is InChI=1S/C16H28N2O2/c1-12-13(9-17-14-6-7-14)8-15(20-12)10-19-11-16(2,3)18(4)5/h8,14,17H,6-7,9-11H2,1-5H3. The van der Waals surface area contributed by atoms with Crippen LogP contribution in [0.2, 0.25) is 0 Å². The summed E-state index contributed by atoms with van der Waals surface area (Å²) in [7, 11) is 4.14. The zero-order valence-corrected chi connectivity index (χ0v) is 13.5. The van der Waals surface area contributed by atoms with Gasteiger partial charge in [-0.05, 0) is 53.8 Å². The lowest BCUT2D eigenvalue weighted by atomic mass is 10.1. The molecule has 0 saturated heterocycles. The van der Waals surface area contributed by atoms with Gasteiger partial charge in [-0.1, -0.05) is 0 Å². The molecule has 0 unspecified atom stereocenters. The smallest absolute Gasteiger partial charge is 0.130 e. The first-order chi connectivity index (χ1) is 9.38. The fourth-order valence-corrected chi connectivity index (χ4v) is 1.91. The topological polar surface area (TPSA) is 37.6 Å². The van der Waals surface area contributed by atoms with Crippen LogP contribution >= 0.6 is 0 Å². The normalized spacial score (nSPS) is 16.1. The zero-order valence-electron chi connectivity index (χ0n) is 13.5. The van der Waals surface area contributed by atoms with Crippen LogP contribution in [0, 0.1) is 6.92 Å². The largest absolute Gasteiger partial charge is 0.464 e. The van der Waals surface area contributed by atoms with Gasteiger partial charge in [-0.15, -0.1) is 0 Å². The second kappa shape index (κ2) is 6.29. The van der Waals surface area contributed by atoms with E-state index in [4.69, 9.17) is 9.15 Å². The number of likely N-dealkylation sites (N-methyl/N-ethyl adjacent to an activating group) is 1. The summed E-state index contributed by atoms with van der Waals surface area (Å²) < 4.78 is 11.6. The van der Waals surface area contributed by atoms with Gasteiger partial charge in [0.05, 0.1) is 6.61 Å². The van der Waals surface area contributed by atoms with E-state index in [0.717, 1.165) is 24.1 Å². The average Bonchev–Trinajstić information content (AvgIpc) is 3.11. The Kier molecular flexibility index (Phi) is 4.89. The Balaban J connectivity index is 1.79. The molecule has 1 aliphatic rings. The van der Waals surface area contributed by atoms with Gasteiger partial charge in [-0.2, -0.15) is 0 Å². The van der Waals surface area contributed by atoms with Crippen molar-refractivity contribution in [2.24, 2.45) is 0 Å². The van der Waals surface area contributed by atoms with Crippen molar-refractivity contribution in [3.8, 4) is 0 Å². The lowest BCUT2D eigenvalue weighted by Gasteiger charge is -2.31. The second-order valence-electron chi connectivity index (χ2n) is 6.65. The Labute approximate surface area is 122 Å². The van der Waals surface area contributed by atoms with Crippen LogP contribution in [0.4, 0.5) is 0 Å². The molecule has 0 spiro atoms. The van der Waals surface area contributed by atoms with E-state index in [2.05, 4.69) is 44.2 Å². The Morgan fingerprint density at radius 1 is 1.40 bits per heavy atom. The summed E-state index contributed by atoms with van der Waals surface area (Å²) >= 11 is 0. The van der Waals surface area contributed by atoms with E-state index in [0.29, 0.717) is 13.2 Å². The van der Waals surface area contributed by atoms with Gasteiger partial charge in [0.15, 0.2) is 0 Å². The van der Waals surface area contributed by atoms with E-state index in [9.17, 15) is 0 Å². The molecule has 1 fully saturated rings. The Hall–Kier alpha value is -0.840. The minimum Gasteiger partial charge on any atom is -0.464 e. The highest BCUT2D eigenvalue weighted by molar-refractivity contribution is 5.20. The SMILES string of the molecule is Cc1oc(COCC(C)(C)N(C)C)cc1CNC1CC1. The number of nitrogens with zero attached hydrogens (tertiary/aromatic N) is 1. The molecule has 1 heterocycles. The van der Waals surface area contributed by atoms with E-state index in [1.165, 1.54) is 18.4 Å². The first kappa shape index (κ1) is 15.5. The molecule has 4 nitrogen and oxygen atoms in total. The monoisotopic (exact) mass is 280 g/mol. The van der Waals surface area contributed by atoms with Crippen LogP contribution in [0.5, 0.6) is 0 Å². The highest BCUT2D eigenvalue weighted by Crippen LogP contribution is 2.21. The number of aryl methyl sites for hydroxylation is 1. The predicted molar refractivity (Wildman–Crippen MR) is 80.7 cm³/mol. The van der Waals surface area contributed by atoms with Crippen molar-refractivity contribution in [2.75, 3.05) is 20.7 Å². The molecular formula is C16H28N2O2. The quantitative estimate of drug-likeness (QED) is 0.794. The molecule has 1 aromatic heterocycles. The minimum atomic E-state index is 0.0397. The second-order valence-corrected chi connectivity index (χ2v) is 6.65. The summed E-state index contributed by atoms with van der Waals surface area (Å²) in [6, 6.07) is 2.85. The summed E-state index contributed by atoms with van der Waals surface area (Å²) in [5.41, 5.74) is 1.29. The van der Waals surface area contributed by atoms with E-state index >= 15 is 0 Å². The van der Waals surface area contributed by atoms with Crippen LogP contribution in [0.3, 0.4) is 0 Å². The predicted octanol–water partition coefficient (Wildman–Crippen LogP) is 2.70. The molecule has 0 radical (unpaired) electrons. The van der Waals surface area contributed by atoms with Crippen molar-refractivity contribution in [1.82, 2.24) is 10.2 Å². The molecule has 1 aromatic rings. The van der Waals surface area contributed by atoms with Crippen molar-refractivity contribution in [3.05, 3.63) is 23.2 Å². The van der Waals surface area contributed by atoms with Crippen molar-refractivity contribution in [1.29, 1.82) is 0 Å². The van der Waals surface area contributed by atoms with Gasteiger partial charge >= 0.3 is 0 Å². The molecule has 4 heteroatoms. The highest BCUT2D eigenvalue weighted by atomic mass is 16.5. The Bertz CT molecular complexity index is 434. The summed E-state index contributed by atoms with van der Waals surface area (Å²) in [6.45, 7) is 8.51. The molecule has 0 bridgehead atoms. The van der Waals surface area contributed by atoms with Gasteiger partial charge < -0.3 is 19.4 Å². The highest BCUT2D eigenvalue weighted by Gasteiger charge is 2.22. The Morgan fingerprint density at radius 3 is 2.70 bits per heavy atom. The number of nitrogens with one attached hydrogen (secondary N) is 1.